The quantitative estimate of drug-likeness (QED) is 0.785. The van der Waals surface area contributed by atoms with Crippen LogP contribution in [-0.2, 0) is 4.79 Å². The third kappa shape index (κ3) is 4.38. The van der Waals surface area contributed by atoms with Crippen LogP contribution < -0.4 is 15.4 Å². The number of benzene rings is 1. The highest BCUT2D eigenvalue weighted by molar-refractivity contribution is 5.99. The number of allylic oxidation sites excluding steroid dienone is 1. The molecule has 2 N–H and O–H groups in total. The van der Waals surface area contributed by atoms with Gasteiger partial charge in [0.15, 0.2) is 0 Å². The molecule has 0 spiro atoms. The van der Waals surface area contributed by atoms with Gasteiger partial charge in [0.25, 0.3) is 0 Å². The molecule has 0 aliphatic rings. The van der Waals surface area contributed by atoms with E-state index in [0.717, 1.165) is 0 Å². The highest BCUT2D eigenvalue weighted by atomic mass is 16.5. The first-order valence-electron chi connectivity index (χ1n) is 5.09. The standard InChI is InChI=1S/C12H14N2O3/c1-3-5-11(15)14-9-6-4-7-10(8-9)17-12(16)13-2/h3-8H,1-2H3,(H,13,16)(H,14,15)/b5-3+. The summed E-state index contributed by atoms with van der Waals surface area (Å²) >= 11 is 0. The zero-order valence-electron chi connectivity index (χ0n) is 9.69. The summed E-state index contributed by atoms with van der Waals surface area (Å²) in [5, 5.41) is 4.97. The zero-order valence-corrected chi connectivity index (χ0v) is 9.69. The van der Waals surface area contributed by atoms with E-state index < -0.39 is 6.09 Å². The van der Waals surface area contributed by atoms with Crippen LogP contribution in [-0.4, -0.2) is 19.0 Å². The molecule has 1 aromatic rings. The Hall–Kier alpha value is -2.30. The van der Waals surface area contributed by atoms with Gasteiger partial charge in [-0.1, -0.05) is 12.1 Å². The lowest BCUT2D eigenvalue weighted by atomic mass is 10.3. The molecule has 0 aliphatic heterocycles. The van der Waals surface area contributed by atoms with Gasteiger partial charge in [0.1, 0.15) is 5.75 Å². The van der Waals surface area contributed by atoms with E-state index >= 15 is 0 Å². The number of hydrogen-bond acceptors (Lipinski definition) is 3. The fraction of sp³-hybridized carbons (Fsp3) is 0.167. The number of hydrogen-bond donors (Lipinski definition) is 2. The summed E-state index contributed by atoms with van der Waals surface area (Å²) < 4.78 is 4.93. The fourth-order valence-corrected chi connectivity index (χ4v) is 1.13. The van der Waals surface area contributed by atoms with Crippen molar-refractivity contribution in [1.82, 2.24) is 5.32 Å². The lowest BCUT2D eigenvalue weighted by molar-refractivity contribution is -0.111. The van der Waals surface area contributed by atoms with Gasteiger partial charge in [-0.15, -0.1) is 0 Å². The normalized spacial score (nSPS) is 10.0. The molecule has 0 bridgehead atoms. The topological polar surface area (TPSA) is 67.4 Å². The maximum atomic E-state index is 11.3. The summed E-state index contributed by atoms with van der Waals surface area (Å²) in [6, 6.07) is 6.58. The van der Waals surface area contributed by atoms with E-state index in [2.05, 4.69) is 10.6 Å². The molecule has 0 radical (unpaired) electrons. The molecule has 0 saturated heterocycles. The first-order valence-corrected chi connectivity index (χ1v) is 5.09. The van der Waals surface area contributed by atoms with Crippen molar-refractivity contribution in [3.63, 3.8) is 0 Å². The van der Waals surface area contributed by atoms with Crippen molar-refractivity contribution in [3.8, 4) is 5.75 Å². The van der Waals surface area contributed by atoms with Crippen LogP contribution in [0.5, 0.6) is 5.75 Å². The van der Waals surface area contributed by atoms with Gasteiger partial charge < -0.3 is 15.4 Å². The van der Waals surface area contributed by atoms with Gasteiger partial charge in [-0.05, 0) is 25.1 Å². The highest BCUT2D eigenvalue weighted by Crippen LogP contribution is 2.17. The van der Waals surface area contributed by atoms with E-state index in [1.807, 2.05) is 0 Å². The molecule has 0 unspecified atom stereocenters. The molecule has 0 heterocycles. The van der Waals surface area contributed by atoms with Crippen LogP contribution in [0.25, 0.3) is 0 Å². The predicted octanol–water partition coefficient (Wildman–Crippen LogP) is 1.92. The minimum atomic E-state index is -0.554. The summed E-state index contributed by atoms with van der Waals surface area (Å²) in [7, 11) is 1.47. The van der Waals surface area contributed by atoms with E-state index in [0.29, 0.717) is 11.4 Å². The fourth-order valence-electron chi connectivity index (χ4n) is 1.13. The molecule has 0 aromatic heterocycles. The number of ether oxygens (including phenoxy) is 1. The van der Waals surface area contributed by atoms with Crippen LogP contribution in [0.1, 0.15) is 6.92 Å². The Bertz CT molecular complexity index is 441. The Morgan fingerprint density at radius 1 is 1.35 bits per heavy atom. The van der Waals surface area contributed by atoms with E-state index in [1.165, 1.54) is 13.1 Å². The van der Waals surface area contributed by atoms with Crippen molar-refractivity contribution < 1.29 is 14.3 Å². The SMILES string of the molecule is C/C=C/C(=O)Nc1cccc(OC(=O)NC)c1. The molecule has 0 saturated carbocycles. The second-order valence-electron chi connectivity index (χ2n) is 3.16. The van der Waals surface area contributed by atoms with Gasteiger partial charge in [-0.2, -0.15) is 0 Å². The largest absolute Gasteiger partial charge is 0.412 e. The molecule has 0 fully saturated rings. The summed E-state index contributed by atoms with van der Waals surface area (Å²) in [6.45, 7) is 1.75. The lowest BCUT2D eigenvalue weighted by Crippen LogP contribution is -2.22. The smallest absolute Gasteiger partial charge is 0.410 e. The Morgan fingerprint density at radius 2 is 2.12 bits per heavy atom. The number of carbonyl (C=O) groups is 2. The minimum absolute atomic E-state index is 0.232. The average Bonchev–Trinajstić information content (AvgIpc) is 2.29. The second-order valence-corrected chi connectivity index (χ2v) is 3.16. The number of rotatable bonds is 3. The van der Waals surface area contributed by atoms with Gasteiger partial charge >= 0.3 is 6.09 Å². The Labute approximate surface area is 99.5 Å². The number of amides is 2. The first kappa shape index (κ1) is 12.8. The number of carbonyl (C=O) groups excluding carboxylic acids is 2. The van der Waals surface area contributed by atoms with E-state index in [-0.39, 0.29) is 5.91 Å². The maximum Gasteiger partial charge on any atom is 0.412 e. The number of nitrogens with one attached hydrogen (secondary N) is 2. The van der Waals surface area contributed by atoms with Crippen LogP contribution >= 0.6 is 0 Å². The maximum absolute atomic E-state index is 11.3. The first-order chi connectivity index (χ1) is 8.15. The highest BCUT2D eigenvalue weighted by Gasteiger charge is 2.03. The molecular formula is C12H14N2O3. The Kier molecular flexibility index (Phi) is 4.75. The molecule has 1 rings (SSSR count). The predicted molar refractivity (Wildman–Crippen MR) is 65.0 cm³/mol. The van der Waals surface area contributed by atoms with Crippen molar-refractivity contribution in [2.45, 2.75) is 6.92 Å². The average molecular weight is 234 g/mol. The van der Waals surface area contributed by atoms with Gasteiger partial charge in [-0.3, -0.25) is 4.79 Å². The van der Waals surface area contributed by atoms with Crippen LogP contribution in [0.4, 0.5) is 10.5 Å². The molecule has 17 heavy (non-hydrogen) atoms. The monoisotopic (exact) mass is 234 g/mol. The van der Waals surface area contributed by atoms with Crippen molar-refractivity contribution in [3.05, 3.63) is 36.4 Å². The van der Waals surface area contributed by atoms with Gasteiger partial charge in [0.2, 0.25) is 5.91 Å². The molecule has 5 nitrogen and oxygen atoms in total. The second kappa shape index (κ2) is 6.32. The van der Waals surface area contributed by atoms with Crippen LogP contribution in [0.3, 0.4) is 0 Å². The van der Waals surface area contributed by atoms with Crippen LogP contribution in [0.15, 0.2) is 36.4 Å². The van der Waals surface area contributed by atoms with Crippen LogP contribution in [0, 0.1) is 0 Å². The summed E-state index contributed by atoms with van der Waals surface area (Å²) in [5.74, 6) is 0.132. The molecule has 2 amide bonds. The Balaban J connectivity index is 2.72. The molecule has 90 valence electrons. The summed E-state index contributed by atoms with van der Waals surface area (Å²) in [5.41, 5.74) is 0.564. The summed E-state index contributed by atoms with van der Waals surface area (Å²) in [4.78, 5) is 22.3. The molecule has 1 aromatic carbocycles. The third-order valence-corrected chi connectivity index (χ3v) is 1.83. The Morgan fingerprint density at radius 3 is 2.76 bits per heavy atom. The zero-order chi connectivity index (χ0) is 12.7. The van der Waals surface area contributed by atoms with Gasteiger partial charge in [0, 0.05) is 18.8 Å². The van der Waals surface area contributed by atoms with E-state index in [9.17, 15) is 9.59 Å². The van der Waals surface area contributed by atoms with Crippen molar-refractivity contribution in [2.24, 2.45) is 0 Å². The lowest BCUT2D eigenvalue weighted by Gasteiger charge is -2.06. The minimum Gasteiger partial charge on any atom is -0.410 e. The molecule has 0 atom stereocenters. The van der Waals surface area contributed by atoms with E-state index in [1.54, 1.807) is 37.3 Å². The molecular weight excluding hydrogens is 220 g/mol. The third-order valence-electron chi connectivity index (χ3n) is 1.83. The number of anilines is 1. The van der Waals surface area contributed by atoms with Crippen molar-refractivity contribution in [2.75, 3.05) is 12.4 Å². The van der Waals surface area contributed by atoms with E-state index in [4.69, 9.17) is 4.74 Å². The van der Waals surface area contributed by atoms with Crippen molar-refractivity contribution in [1.29, 1.82) is 0 Å². The molecule has 5 heteroatoms. The molecule has 0 aliphatic carbocycles. The van der Waals surface area contributed by atoms with Gasteiger partial charge in [-0.25, -0.2) is 4.79 Å². The van der Waals surface area contributed by atoms with Crippen LogP contribution in [0.2, 0.25) is 0 Å². The van der Waals surface area contributed by atoms with Gasteiger partial charge in [0.05, 0.1) is 0 Å². The summed E-state index contributed by atoms with van der Waals surface area (Å²) in [6.07, 6.45) is 2.49. The van der Waals surface area contributed by atoms with Crippen molar-refractivity contribution >= 4 is 17.7 Å².